The van der Waals surface area contributed by atoms with Crippen molar-refractivity contribution in [2.45, 2.75) is 31.4 Å². The van der Waals surface area contributed by atoms with Crippen LogP contribution in [0.2, 0.25) is 0 Å². The Labute approximate surface area is 174 Å². The summed E-state index contributed by atoms with van der Waals surface area (Å²) in [5, 5.41) is 3.59. The molecule has 0 saturated carbocycles. The Morgan fingerprint density at radius 2 is 1.50 bits per heavy atom. The molecule has 0 fully saturated rings. The maximum absolute atomic E-state index is 6.07. The number of hydrogen-bond donors (Lipinski definition) is 1. The van der Waals surface area contributed by atoms with E-state index >= 15 is 0 Å². The Kier molecular flexibility index (Phi) is 7.27. The van der Waals surface area contributed by atoms with Gasteiger partial charge in [-0.2, -0.15) is 0 Å². The molecule has 28 heavy (non-hydrogen) atoms. The summed E-state index contributed by atoms with van der Waals surface area (Å²) in [6, 6.07) is 30.3. The third kappa shape index (κ3) is 4.47. The second-order valence-electron chi connectivity index (χ2n) is 7.36. The normalized spacial score (nSPS) is 18.1. The van der Waals surface area contributed by atoms with Gasteiger partial charge >= 0.3 is 0 Å². The van der Waals surface area contributed by atoms with Crippen molar-refractivity contribution in [2.24, 2.45) is 0 Å². The molecule has 0 spiro atoms. The molecule has 2 nitrogen and oxygen atoms in total. The zero-order valence-corrected chi connectivity index (χ0v) is 17.0. The van der Waals surface area contributed by atoms with Crippen LogP contribution in [0.15, 0.2) is 84.9 Å². The summed E-state index contributed by atoms with van der Waals surface area (Å²) in [6.45, 7) is 3.40. The van der Waals surface area contributed by atoms with Crippen LogP contribution in [-0.4, -0.2) is 13.2 Å². The second kappa shape index (κ2) is 9.88. The van der Waals surface area contributed by atoms with Crippen LogP contribution in [0.25, 0.3) is 0 Å². The lowest BCUT2D eigenvalue weighted by Gasteiger charge is -2.40. The van der Waals surface area contributed by atoms with Crippen molar-refractivity contribution in [1.29, 1.82) is 0 Å². The van der Waals surface area contributed by atoms with Crippen molar-refractivity contribution in [1.82, 2.24) is 5.32 Å². The van der Waals surface area contributed by atoms with Crippen LogP contribution in [0.1, 0.15) is 35.1 Å². The summed E-state index contributed by atoms with van der Waals surface area (Å²) in [7, 11) is 0. The van der Waals surface area contributed by atoms with Gasteiger partial charge in [-0.1, -0.05) is 84.9 Å². The summed E-state index contributed by atoms with van der Waals surface area (Å²) >= 11 is 0. The van der Waals surface area contributed by atoms with Crippen molar-refractivity contribution < 1.29 is 4.74 Å². The van der Waals surface area contributed by atoms with Gasteiger partial charge < -0.3 is 10.1 Å². The maximum atomic E-state index is 6.07. The number of benzene rings is 3. The maximum Gasteiger partial charge on any atom is 0.0720 e. The standard InChI is InChI=1S/C25H27NO.ClH/c1-3-10-21(11-4-1)18-26-17-9-16-25(23-13-5-2-6-14-23)20-27-19-22-12-7-8-15-24(22)25;/h1-8,10-15,26H,9,16-20H2;1H. The van der Waals surface area contributed by atoms with E-state index in [-0.39, 0.29) is 17.8 Å². The van der Waals surface area contributed by atoms with Crippen molar-refractivity contribution >= 4 is 12.4 Å². The molecule has 1 aliphatic heterocycles. The van der Waals surface area contributed by atoms with E-state index in [4.69, 9.17) is 4.74 Å². The van der Waals surface area contributed by atoms with Crippen LogP contribution in [0, 0.1) is 0 Å². The Balaban J connectivity index is 0.00000225. The monoisotopic (exact) mass is 393 g/mol. The van der Waals surface area contributed by atoms with E-state index in [1.807, 2.05) is 0 Å². The van der Waals surface area contributed by atoms with Gasteiger partial charge in [0.25, 0.3) is 0 Å². The molecular weight excluding hydrogens is 366 g/mol. The summed E-state index contributed by atoms with van der Waals surface area (Å²) < 4.78 is 6.07. The van der Waals surface area contributed by atoms with Crippen molar-refractivity contribution in [3.63, 3.8) is 0 Å². The summed E-state index contributed by atoms with van der Waals surface area (Å²) in [5.74, 6) is 0. The zero-order chi connectivity index (χ0) is 18.4. The van der Waals surface area contributed by atoms with Gasteiger partial charge in [-0.25, -0.2) is 0 Å². The zero-order valence-electron chi connectivity index (χ0n) is 16.1. The third-order valence-electron chi connectivity index (χ3n) is 5.59. The van der Waals surface area contributed by atoms with Gasteiger partial charge in [-0.05, 0) is 41.6 Å². The van der Waals surface area contributed by atoms with E-state index in [9.17, 15) is 0 Å². The SMILES string of the molecule is Cl.c1ccc(CNCCCC2(c3ccccc3)COCc3ccccc32)cc1. The molecule has 1 unspecified atom stereocenters. The largest absolute Gasteiger partial charge is 0.375 e. The summed E-state index contributed by atoms with van der Waals surface area (Å²) in [6.07, 6.45) is 2.19. The molecule has 4 rings (SSSR count). The Bertz CT molecular complexity index is 853. The number of fused-ring (bicyclic) bond motifs is 1. The van der Waals surface area contributed by atoms with E-state index in [2.05, 4.69) is 90.2 Å². The van der Waals surface area contributed by atoms with Crippen LogP contribution < -0.4 is 5.32 Å². The van der Waals surface area contributed by atoms with Gasteiger partial charge in [-0.3, -0.25) is 0 Å². The first kappa shape index (κ1) is 20.6. The Hall–Kier alpha value is -2.13. The predicted octanol–water partition coefficient (Wildman–Crippen LogP) is 5.49. The number of halogens is 1. The van der Waals surface area contributed by atoms with E-state index < -0.39 is 0 Å². The van der Waals surface area contributed by atoms with Gasteiger partial charge in [0.1, 0.15) is 0 Å². The van der Waals surface area contributed by atoms with Gasteiger partial charge in [0, 0.05) is 12.0 Å². The van der Waals surface area contributed by atoms with Gasteiger partial charge in [0.15, 0.2) is 0 Å². The fraction of sp³-hybridized carbons (Fsp3) is 0.280. The Morgan fingerprint density at radius 1 is 0.821 bits per heavy atom. The minimum absolute atomic E-state index is 0. The number of nitrogens with one attached hydrogen (secondary N) is 1. The van der Waals surface area contributed by atoms with Crippen LogP contribution >= 0.6 is 12.4 Å². The van der Waals surface area contributed by atoms with Crippen molar-refractivity contribution in [2.75, 3.05) is 13.2 Å². The minimum atomic E-state index is -0.0511. The quantitative estimate of drug-likeness (QED) is 0.535. The molecular formula is C25H28ClNO. The molecule has 1 heterocycles. The minimum Gasteiger partial charge on any atom is -0.375 e. The summed E-state index contributed by atoms with van der Waals surface area (Å²) in [4.78, 5) is 0. The molecule has 0 aromatic heterocycles. The third-order valence-corrected chi connectivity index (χ3v) is 5.59. The number of ether oxygens (including phenoxy) is 1. The topological polar surface area (TPSA) is 21.3 Å². The lowest BCUT2D eigenvalue weighted by atomic mass is 9.69. The smallest absolute Gasteiger partial charge is 0.0720 e. The highest BCUT2D eigenvalue weighted by atomic mass is 35.5. The molecule has 146 valence electrons. The lowest BCUT2D eigenvalue weighted by Crippen LogP contribution is -2.38. The second-order valence-corrected chi connectivity index (χ2v) is 7.36. The number of hydrogen-bond acceptors (Lipinski definition) is 2. The Morgan fingerprint density at radius 3 is 2.29 bits per heavy atom. The van der Waals surface area contributed by atoms with E-state index in [0.717, 1.165) is 39.1 Å². The molecule has 1 N–H and O–H groups in total. The molecule has 1 aliphatic rings. The van der Waals surface area contributed by atoms with E-state index in [1.54, 1.807) is 0 Å². The highest BCUT2D eigenvalue weighted by Crippen LogP contribution is 2.41. The molecule has 0 saturated heterocycles. The molecule has 0 aliphatic carbocycles. The molecule has 3 aromatic carbocycles. The number of rotatable bonds is 7. The fourth-order valence-corrected chi connectivity index (χ4v) is 4.22. The molecule has 0 amide bonds. The van der Waals surface area contributed by atoms with Crippen molar-refractivity contribution in [3.8, 4) is 0 Å². The molecule has 3 heteroatoms. The molecule has 3 aromatic rings. The molecule has 0 radical (unpaired) electrons. The first-order valence-electron chi connectivity index (χ1n) is 9.85. The van der Waals surface area contributed by atoms with Crippen LogP contribution in [-0.2, 0) is 23.3 Å². The first-order valence-corrected chi connectivity index (χ1v) is 9.85. The van der Waals surface area contributed by atoms with E-state index in [1.165, 1.54) is 22.3 Å². The highest BCUT2D eigenvalue weighted by Gasteiger charge is 2.38. The molecule has 1 atom stereocenters. The van der Waals surface area contributed by atoms with Gasteiger partial charge in [0.05, 0.1) is 13.2 Å². The lowest BCUT2D eigenvalue weighted by molar-refractivity contribution is 0.0613. The highest BCUT2D eigenvalue weighted by molar-refractivity contribution is 5.85. The average Bonchev–Trinajstić information content (AvgIpc) is 2.75. The van der Waals surface area contributed by atoms with Gasteiger partial charge in [0.2, 0.25) is 0 Å². The van der Waals surface area contributed by atoms with Crippen molar-refractivity contribution in [3.05, 3.63) is 107 Å². The predicted molar refractivity (Wildman–Crippen MR) is 118 cm³/mol. The molecule has 0 bridgehead atoms. The van der Waals surface area contributed by atoms with Crippen LogP contribution in [0.4, 0.5) is 0 Å². The van der Waals surface area contributed by atoms with Crippen LogP contribution in [0.3, 0.4) is 0 Å². The fourth-order valence-electron chi connectivity index (χ4n) is 4.22. The van der Waals surface area contributed by atoms with Gasteiger partial charge in [-0.15, -0.1) is 12.4 Å². The first-order chi connectivity index (χ1) is 13.4. The summed E-state index contributed by atoms with van der Waals surface area (Å²) in [5.41, 5.74) is 5.40. The average molecular weight is 394 g/mol. The van der Waals surface area contributed by atoms with E-state index in [0.29, 0.717) is 0 Å². The van der Waals surface area contributed by atoms with Crippen LogP contribution in [0.5, 0.6) is 0 Å².